The van der Waals surface area contributed by atoms with Crippen LogP contribution in [0, 0.1) is 57.3 Å². The number of allylic oxidation sites excluding steroid dienone is 4. The molecule has 25 heteroatoms. The van der Waals surface area contributed by atoms with E-state index in [4.69, 9.17) is 34.1 Å². The highest BCUT2D eigenvalue weighted by Gasteiger charge is 2.36. The number of methoxy groups -OCH3 is 4. The van der Waals surface area contributed by atoms with Crippen LogP contribution in [0.2, 0.25) is 0 Å². The Kier molecular flexibility index (Phi) is 22.6. The molecule has 0 unspecified atom stereocenters. The van der Waals surface area contributed by atoms with Gasteiger partial charge in [-0.3, -0.25) is 24.4 Å². The third-order valence-corrected chi connectivity index (χ3v) is 13.8. The van der Waals surface area contributed by atoms with E-state index >= 15 is 0 Å². The van der Waals surface area contributed by atoms with Gasteiger partial charge in [0, 0.05) is 105 Å². The standard InChI is InChI=1S/C23H27BF2NO4.C22H18F2N4O2.C5H4BrN3.C4H2BrN3.CH3I/c1-22(2,28)23(3,4)31-24-14-10-15-13(7-8-17(15)27-12-14)9-16-20(25)18(29-5)11-19(30-6)21(16)26;1-28-11-16(18(9-25)27-28)13-7-14-12(4-5-17(14)26-10-13)6-15-21(23)19(29-2)8-20(30-3)22(15)24;1-9-3-4(6)5(2-7)8-9;5-3-2-7-8-4(3)1-6;1-2/h7,10-12,28H,8-9H2,1-6H3;4,7-8,10-11H,5-6H2,1-3H3;3H,1H3;2H,(H,7,8);1H3. The first-order valence-electron chi connectivity index (χ1n) is 23.8. The molecular formula is C55H54BBr2F4IN11O6. The summed E-state index contributed by atoms with van der Waals surface area (Å²) in [6.07, 6.45) is 13.4. The van der Waals surface area contributed by atoms with Gasteiger partial charge >= 0.3 is 7.48 Å². The summed E-state index contributed by atoms with van der Waals surface area (Å²) in [7, 11) is 10.3. The van der Waals surface area contributed by atoms with Gasteiger partial charge in [0.15, 0.2) is 57.7 Å². The summed E-state index contributed by atoms with van der Waals surface area (Å²) in [5, 5.41) is 50.3. The topological polar surface area (TPSA) is 228 Å². The number of fused-ring (bicyclic) bond motifs is 2. The van der Waals surface area contributed by atoms with Crippen molar-refractivity contribution < 1.29 is 46.3 Å². The number of aryl methyl sites for hydroxylation is 2. The van der Waals surface area contributed by atoms with Crippen LogP contribution in [0.15, 0.2) is 76.3 Å². The van der Waals surface area contributed by atoms with E-state index in [2.05, 4.69) is 90.9 Å². The fraction of sp³-hybridized carbons (Fsp3) is 0.309. The van der Waals surface area contributed by atoms with E-state index in [0.29, 0.717) is 39.7 Å². The molecule has 80 heavy (non-hydrogen) atoms. The number of nitrogens with one attached hydrogen (secondary N) is 1. The monoisotopic (exact) mass is 1340 g/mol. The minimum atomic E-state index is -1.06. The van der Waals surface area contributed by atoms with Crippen LogP contribution in [0.4, 0.5) is 17.6 Å². The van der Waals surface area contributed by atoms with Crippen molar-refractivity contribution >= 4 is 78.5 Å². The molecule has 2 aliphatic rings. The highest BCUT2D eigenvalue weighted by Crippen LogP contribution is 2.39. The van der Waals surface area contributed by atoms with Crippen molar-refractivity contribution in [2.45, 2.75) is 64.6 Å². The number of hydrogen-bond donors (Lipinski definition) is 2. The summed E-state index contributed by atoms with van der Waals surface area (Å²) in [5.74, 6) is -3.32. The smallest absolute Gasteiger partial charge is 0.332 e. The Labute approximate surface area is 491 Å². The zero-order valence-corrected chi connectivity index (χ0v) is 50.7. The molecular weight excluding hydrogens is 1280 g/mol. The van der Waals surface area contributed by atoms with Crippen molar-refractivity contribution in [2.24, 2.45) is 14.1 Å². The van der Waals surface area contributed by atoms with Gasteiger partial charge < -0.3 is 28.7 Å². The number of hydrogen-bond acceptors (Lipinski definition) is 14. The van der Waals surface area contributed by atoms with E-state index in [9.17, 15) is 27.9 Å². The molecule has 2 aliphatic carbocycles. The van der Waals surface area contributed by atoms with Crippen LogP contribution in [0.1, 0.15) is 78.4 Å². The molecule has 2 aromatic carbocycles. The maximum absolute atomic E-state index is 14.8. The van der Waals surface area contributed by atoms with E-state index in [1.807, 2.05) is 41.4 Å². The Hall–Kier alpha value is -7.09. The van der Waals surface area contributed by atoms with Crippen molar-refractivity contribution in [3.8, 4) is 52.3 Å². The van der Waals surface area contributed by atoms with E-state index in [0.717, 1.165) is 43.7 Å². The number of aliphatic hydroxyl groups is 1. The molecule has 2 N–H and O–H groups in total. The molecule has 7 aromatic rings. The van der Waals surface area contributed by atoms with Gasteiger partial charge in [0.2, 0.25) is 0 Å². The number of nitrogens with zero attached hydrogens (tertiary/aromatic N) is 10. The molecule has 17 nitrogen and oxygen atoms in total. The molecule has 0 saturated heterocycles. The summed E-state index contributed by atoms with van der Waals surface area (Å²) in [6, 6.07) is 12.1. The van der Waals surface area contributed by atoms with Crippen molar-refractivity contribution in [3.05, 3.63) is 150 Å². The molecule has 0 amide bonds. The largest absolute Gasteiger partial charge is 0.494 e. The number of alkyl halides is 1. The van der Waals surface area contributed by atoms with Crippen LogP contribution >= 0.6 is 54.5 Å². The number of nitriles is 3. The Morgan fingerprint density at radius 2 is 1.12 bits per heavy atom. The van der Waals surface area contributed by atoms with Crippen LogP contribution in [0.25, 0.3) is 22.3 Å². The van der Waals surface area contributed by atoms with Crippen LogP contribution in [0.5, 0.6) is 23.0 Å². The predicted octanol–water partition coefficient (Wildman–Crippen LogP) is 10.4. The number of H-pyrrole nitrogens is 1. The highest BCUT2D eigenvalue weighted by atomic mass is 127. The Morgan fingerprint density at radius 3 is 1.51 bits per heavy atom. The Morgan fingerprint density at radius 1 is 0.662 bits per heavy atom. The minimum Gasteiger partial charge on any atom is -0.494 e. The Balaban J connectivity index is 0.000000222. The number of aromatic amines is 1. The average molecular weight is 1340 g/mol. The van der Waals surface area contributed by atoms with Crippen LogP contribution < -0.4 is 24.4 Å². The van der Waals surface area contributed by atoms with Crippen LogP contribution in [-0.4, -0.2) is 96.9 Å². The summed E-state index contributed by atoms with van der Waals surface area (Å²) >= 11 is 8.43. The normalized spacial score (nSPS) is 11.8. The molecule has 417 valence electrons. The lowest BCUT2D eigenvalue weighted by Crippen LogP contribution is -2.49. The molecule has 0 fully saturated rings. The van der Waals surface area contributed by atoms with E-state index in [1.54, 1.807) is 82.1 Å². The van der Waals surface area contributed by atoms with Gasteiger partial charge in [0.05, 0.1) is 66.2 Å². The van der Waals surface area contributed by atoms with Gasteiger partial charge in [-0.2, -0.15) is 31.1 Å². The van der Waals surface area contributed by atoms with Gasteiger partial charge in [-0.25, -0.2) is 17.6 Å². The molecule has 0 spiro atoms. The molecule has 0 saturated carbocycles. The number of halogens is 7. The fourth-order valence-electron chi connectivity index (χ4n) is 7.68. The van der Waals surface area contributed by atoms with Gasteiger partial charge in [0.25, 0.3) is 0 Å². The maximum Gasteiger partial charge on any atom is 0.332 e. The first-order chi connectivity index (χ1) is 38.0. The lowest BCUT2D eigenvalue weighted by molar-refractivity contribution is -0.0893. The number of ether oxygens (including phenoxy) is 4. The molecule has 0 aliphatic heterocycles. The van der Waals surface area contributed by atoms with Crippen molar-refractivity contribution in [2.75, 3.05) is 33.4 Å². The minimum absolute atomic E-state index is 0.0154. The second-order valence-electron chi connectivity index (χ2n) is 18.3. The molecule has 0 atom stereocenters. The summed E-state index contributed by atoms with van der Waals surface area (Å²) in [5.41, 5.74) is 5.84. The highest BCUT2D eigenvalue weighted by molar-refractivity contribution is 14.1. The Bertz CT molecular complexity index is 3510. The zero-order chi connectivity index (χ0) is 59.2. The van der Waals surface area contributed by atoms with E-state index in [1.165, 1.54) is 48.1 Å². The lowest BCUT2D eigenvalue weighted by atomic mass is 9.82. The van der Waals surface area contributed by atoms with Crippen molar-refractivity contribution in [1.29, 1.82) is 15.8 Å². The van der Waals surface area contributed by atoms with Gasteiger partial charge in [-0.05, 0) is 92.7 Å². The number of aromatic nitrogens is 8. The molecule has 0 bridgehead atoms. The zero-order valence-electron chi connectivity index (χ0n) is 45.4. The third-order valence-electron chi connectivity index (χ3n) is 12.6. The van der Waals surface area contributed by atoms with E-state index < -0.39 is 34.5 Å². The molecule has 1 radical (unpaired) electrons. The fourth-order valence-corrected chi connectivity index (χ4v) is 8.43. The second kappa shape index (κ2) is 28.4. The SMILES string of the molecule is CI.COc1cc(OC)c(F)c(CC2=CCc3ncc(-c4cn(C)nc4C#N)cc32)c1F.COc1cc(OC)c(F)c(CC2=CCc3ncc([B]OC(C)(C)C(C)(C)O)cc32)c1F.Cn1cc(Br)c(C#N)n1.N#Cc1[nH]ncc1Br. The average Bonchev–Trinajstić information content (AvgIpc) is 4.30. The quantitative estimate of drug-likeness (QED) is 0.0474. The number of rotatable bonds is 13. The number of benzene rings is 2. The first-order valence-corrected chi connectivity index (χ1v) is 27.5. The van der Waals surface area contributed by atoms with Crippen LogP contribution in [-0.2, 0) is 44.4 Å². The predicted molar refractivity (Wildman–Crippen MR) is 309 cm³/mol. The van der Waals surface area contributed by atoms with Crippen molar-refractivity contribution in [1.82, 2.24) is 39.7 Å². The summed E-state index contributed by atoms with van der Waals surface area (Å²) in [4.78, 5) is 10.9. The first kappa shape index (κ1) is 63.7. The summed E-state index contributed by atoms with van der Waals surface area (Å²) < 4.78 is 89.8. The van der Waals surface area contributed by atoms with E-state index in [-0.39, 0.29) is 52.7 Å². The molecule has 9 rings (SSSR count). The van der Waals surface area contributed by atoms with Gasteiger partial charge in [-0.1, -0.05) is 40.8 Å². The molecule has 5 aromatic heterocycles. The van der Waals surface area contributed by atoms with Gasteiger partial charge in [0.1, 0.15) is 23.9 Å². The van der Waals surface area contributed by atoms with Crippen LogP contribution in [0.3, 0.4) is 0 Å². The second-order valence-corrected chi connectivity index (χ2v) is 20.0. The third kappa shape index (κ3) is 15.0. The molecule has 5 heterocycles. The van der Waals surface area contributed by atoms with Gasteiger partial charge in [-0.15, -0.1) is 0 Å². The maximum atomic E-state index is 14.8. The lowest BCUT2D eigenvalue weighted by Gasteiger charge is -2.37. The summed E-state index contributed by atoms with van der Waals surface area (Å²) in [6.45, 7) is 6.93. The van der Waals surface area contributed by atoms with Crippen molar-refractivity contribution in [3.63, 3.8) is 0 Å². The number of pyridine rings is 2.